The Labute approximate surface area is 217 Å². The molecule has 0 radical (unpaired) electrons. The van der Waals surface area contributed by atoms with Crippen molar-refractivity contribution in [3.05, 3.63) is 69.5 Å². The number of nitrogens with two attached hydrogens (primary N) is 1. The van der Waals surface area contributed by atoms with E-state index in [1.807, 2.05) is 32.2 Å². The molecule has 0 amide bonds. The SMILES string of the molecule is CC1(C)OCC(CCc2cc(F)c3cc(Cl)c(N)nc3c2)=C2[C@@H](n3ccc4c(Cl)ncnc43)[C@]2(C)O1. The summed E-state index contributed by atoms with van der Waals surface area (Å²) in [6.45, 7) is 6.33. The van der Waals surface area contributed by atoms with Crippen LogP contribution in [0.1, 0.15) is 38.8 Å². The van der Waals surface area contributed by atoms with Crippen LogP contribution in [-0.4, -0.2) is 37.5 Å². The Hall–Kier alpha value is -2.78. The predicted molar refractivity (Wildman–Crippen MR) is 138 cm³/mol. The number of hydrogen-bond acceptors (Lipinski definition) is 6. The van der Waals surface area contributed by atoms with Crippen molar-refractivity contribution in [3.8, 4) is 0 Å². The van der Waals surface area contributed by atoms with Gasteiger partial charge < -0.3 is 19.8 Å². The highest BCUT2D eigenvalue weighted by Crippen LogP contribution is 2.62. The number of ether oxygens (including phenoxy) is 2. The Morgan fingerprint density at radius 3 is 2.75 bits per heavy atom. The molecule has 4 heterocycles. The first-order chi connectivity index (χ1) is 17.1. The van der Waals surface area contributed by atoms with E-state index in [-0.39, 0.29) is 22.7 Å². The van der Waals surface area contributed by atoms with Crippen molar-refractivity contribution in [3.63, 3.8) is 0 Å². The number of pyridine rings is 1. The number of halogens is 3. The lowest BCUT2D eigenvalue weighted by Crippen LogP contribution is -2.34. The van der Waals surface area contributed by atoms with Gasteiger partial charge in [0.05, 0.1) is 28.6 Å². The van der Waals surface area contributed by atoms with Crippen molar-refractivity contribution in [1.82, 2.24) is 19.5 Å². The van der Waals surface area contributed by atoms with Crippen LogP contribution in [0, 0.1) is 5.82 Å². The lowest BCUT2D eigenvalue weighted by Gasteiger charge is -2.28. The summed E-state index contributed by atoms with van der Waals surface area (Å²) in [6, 6.07) is 6.76. The summed E-state index contributed by atoms with van der Waals surface area (Å²) < 4.78 is 29.5. The zero-order chi connectivity index (χ0) is 25.4. The molecule has 7 nitrogen and oxygen atoms in total. The van der Waals surface area contributed by atoms with Gasteiger partial charge in [0.1, 0.15) is 34.4 Å². The van der Waals surface area contributed by atoms with E-state index in [2.05, 4.69) is 26.4 Å². The molecular formula is C26H24Cl2FN5O2. The zero-order valence-electron chi connectivity index (χ0n) is 20.0. The minimum Gasteiger partial charge on any atom is -0.382 e. The summed E-state index contributed by atoms with van der Waals surface area (Å²) in [6.07, 6.45) is 4.71. The largest absolute Gasteiger partial charge is 0.382 e. The fourth-order valence-electron chi connectivity index (χ4n) is 5.41. The van der Waals surface area contributed by atoms with Gasteiger partial charge >= 0.3 is 0 Å². The lowest BCUT2D eigenvalue weighted by atomic mass is 10.0. The number of anilines is 1. The predicted octanol–water partition coefficient (Wildman–Crippen LogP) is 6.03. The van der Waals surface area contributed by atoms with Crippen LogP contribution in [0.3, 0.4) is 0 Å². The first-order valence-corrected chi connectivity index (χ1v) is 12.4. The van der Waals surface area contributed by atoms with Gasteiger partial charge in [-0.1, -0.05) is 23.2 Å². The number of nitrogens with zero attached hydrogens (tertiary/aromatic N) is 4. The highest BCUT2D eigenvalue weighted by Gasteiger charge is 2.64. The first-order valence-electron chi connectivity index (χ1n) is 11.6. The van der Waals surface area contributed by atoms with Crippen LogP contribution in [0.4, 0.5) is 10.2 Å². The maximum Gasteiger partial charge on any atom is 0.164 e. The summed E-state index contributed by atoms with van der Waals surface area (Å²) in [7, 11) is 0. The van der Waals surface area contributed by atoms with Crippen LogP contribution in [-0.2, 0) is 15.9 Å². The van der Waals surface area contributed by atoms with Gasteiger partial charge in [-0.25, -0.2) is 19.3 Å². The van der Waals surface area contributed by atoms with Crippen molar-refractivity contribution < 1.29 is 13.9 Å². The molecule has 0 saturated heterocycles. The number of aromatic nitrogens is 4. The van der Waals surface area contributed by atoms with Gasteiger partial charge in [0.15, 0.2) is 5.79 Å². The second-order valence-electron chi connectivity index (χ2n) is 9.94. The average Bonchev–Trinajstić information content (AvgIpc) is 3.18. The van der Waals surface area contributed by atoms with Crippen LogP contribution in [0.15, 0.2) is 47.9 Å². The molecule has 1 aliphatic carbocycles. The van der Waals surface area contributed by atoms with Gasteiger partial charge in [-0.2, -0.15) is 0 Å². The molecule has 0 spiro atoms. The molecule has 36 heavy (non-hydrogen) atoms. The van der Waals surface area contributed by atoms with Crippen LogP contribution in [0.2, 0.25) is 10.2 Å². The fraction of sp³-hybridized carbons (Fsp3) is 0.346. The van der Waals surface area contributed by atoms with E-state index in [1.54, 1.807) is 0 Å². The van der Waals surface area contributed by atoms with E-state index >= 15 is 0 Å². The number of rotatable bonds is 4. The lowest BCUT2D eigenvalue weighted by molar-refractivity contribution is -0.233. The van der Waals surface area contributed by atoms with E-state index in [9.17, 15) is 4.39 Å². The summed E-state index contributed by atoms with van der Waals surface area (Å²) in [4.78, 5) is 12.8. The van der Waals surface area contributed by atoms with Crippen LogP contribution in [0.5, 0.6) is 0 Å². The molecule has 2 aliphatic rings. The standard InChI is InChI=1S/C26H24Cl2FN5O2/c1-25(2)35-11-14(5-4-13-8-18(29)16-10-17(27)23(30)33-19(16)9-13)20-21(26(20,3)36-25)34-7-6-15-22(28)31-12-32-24(15)34/h6-10,12,21H,4-5,11H2,1-3H3,(H2,30,33)/t21-,26-/m1/s1. The minimum absolute atomic E-state index is 0.0592. The Morgan fingerprint density at radius 1 is 1.14 bits per heavy atom. The summed E-state index contributed by atoms with van der Waals surface area (Å²) in [5, 5.41) is 1.79. The van der Waals surface area contributed by atoms with Crippen LogP contribution < -0.4 is 5.73 Å². The number of benzene rings is 1. The second kappa shape index (κ2) is 8.11. The molecule has 1 fully saturated rings. The molecule has 6 rings (SSSR count). The molecule has 1 aromatic carbocycles. The number of hydrogen-bond donors (Lipinski definition) is 1. The fourth-order valence-corrected chi connectivity index (χ4v) is 5.75. The van der Waals surface area contributed by atoms with Gasteiger partial charge in [-0.15, -0.1) is 0 Å². The summed E-state index contributed by atoms with van der Waals surface area (Å²) in [5.41, 5.74) is 9.60. The molecule has 3 aromatic heterocycles. The van der Waals surface area contributed by atoms with Crippen molar-refractivity contribution in [2.24, 2.45) is 0 Å². The Bertz CT molecular complexity index is 1580. The molecule has 10 heteroatoms. The van der Waals surface area contributed by atoms with Gasteiger partial charge in [-0.05, 0) is 74.6 Å². The number of nitrogen functional groups attached to an aromatic ring is 1. The molecule has 0 unspecified atom stereocenters. The average molecular weight is 528 g/mol. The molecular weight excluding hydrogens is 504 g/mol. The summed E-state index contributed by atoms with van der Waals surface area (Å²) >= 11 is 12.3. The highest BCUT2D eigenvalue weighted by atomic mass is 35.5. The first kappa shape index (κ1) is 23.6. The number of fused-ring (bicyclic) bond motifs is 3. The third kappa shape index (κ3) is 3.75. The van der Waals surface area contributed by atoms with E-state index in [1.165, 1.54) is 18.5 Å². The van der Waals surface area contributed by atoms with Gasteiger partial charge in [0, 0.05) is 11.6 Å². The smallest absolute Gasteiger partial charge is 0.164 e. The van der Waals surface area contributed by atoms with E-state index in [0.29, 0.717) is 35.5 Å². The van der Waals surface area contributed by atoms with Crippen molar-refractivity contribution in [2.45, 2.75) is 51.0 Å². The Kier molecular flexibility index (Phi) is 5.32. The quantitative estimate of drug-likeness (QED) is 0.257. The molecule has 0 bridgehead atoms. The van der Waals surface area contributed by atoms with Crippen molar-refractivity contribution in [1.29, 1.82) is 0 Å². The van der Waals surface area contributed by atoms with Gasteiger partial charge in [0.2, 0.25) is 0 Å². The van der Waals surface area contributed by atoms with E-state index in [4.69, 9.17) is 38.4 Å². The maximum atomic E-state index is 14.8. The third-order valence-corrected chi connectivity index (χ3v) is 7.66. The van der Waals surface area contributed by atoms with E-state index in [0.717, 1.165) is 27.7 Å². The Morgan fingerprint density at radius 2 is 1.94 bits per heavy atom. The molecule has 186 valence electrons. The van der Waals surface area contributed by atoms with Crippen molar-refractivity contribution >= 4 is 51.0 Å². The Balaban J connectivity index is 1.37. The molecule has 2 N–H and O–H groups in total. The van der Waals surface area contributed by atoms with Gasteiger partial charge in [0.25, 0.3) is 0 Å². The normalized spacial score (nSPS) is 23.2. The molecule has 4 aromatic rings. The second-order valence-corrected chi connectivity index (χ2v) is 10.7. The summed E-state index contributed by atoms with van der Waals surface area (Å²) in [5.74, 6) is -0.968. The maximum absolute atomic E-state index is 14.8. The zero-order valence-corrected chi connectivity index (χ0v) is 21.5. The van der Waals surface area contributed by atoms with E-state index < -0.39 is 11.4 Å². The molecule has 2 atom stereocenters. The number of aryl methyl sites for hydroxylation is 1. The third-order valence-electron chi connectivity index (χ3n) is 7.06. The monoisotopic (exact) mass is 527 g/mol. The molecule has 1 saturated carbocycles. The van der Waals surface area contributed by atoms with Gasteiger partial charge in [-0.3, -0.25) is 0 Å². The van der Waals surface area contributed by atoms with Crippen LogP contribution >= 0.6 is 23.2 Å². The van der Waals surface area contributed by atoms with Crippen LogP contribution in [0.25, 0.3) is 21.9 Å². The topological polar surface area (TPSA) is 88.1 Å². The highest BCUT2D eigenvalue weighted by molar-refractivity contribution is 6.34. The van der Waals surface area contributed by atoms with Crippen molar-refractivity contribution in [2.75, 3.05) is 12.3 Å². The molecule has 1 aliphatic heterocycles. The minimum atomic E-state index is -0.776.